The topological polar surface area (TPSA) is 58.4 Å². The summed E-state index contributed by atoms with van der Waals surface area (Å²) in [7, 11) is 3.85. The fourth-order valence-corrected chi connectivity index (χ4v) is 2.58. The Kier molecular flexibility index (Phi) is 6.46. The van der Waals surface area contributed by atoms with Crippen molar-refractivity contribution in [1.29, 1.82) is 0 Å². The highest BCUT2D eigenvalue weighted by molar-refractivity contribution is 5.76. The largest absolute Gasteiger partial charge is 0.354 e. The van der Waals surface area contributed by atoms with E-state index in [4.69, 9.17) is 5.73 Å². The molecule has 0 spiro atoms. The average Bonchev–Trinajstić information content (AvgIpc) is 2.57. The molecular weight excluding hydrogens is 305 g/mol. The molecule has 0 heterocycles. The molecule has 2 unspecified atom stereocenters. The molecule has 2 aromatic carbocycles. The van der Waals surface area contributed by atoms with Gasteiger partial charge < -0.3 is 16.0 Å². The zero-order valence-corrected chi connectivity index (χ0v) is 14.1. The van der Waals surface area contributed by atoms with Crippen LogP contribution in [0.25, 0.3) is 0 Å². The third-order valence-corrected chi connectivity index (χ3v) is 4.00. The van der Waals surface area contributed by atoms with E-state index < -0.39 is 0 Å². The maximum Gasteiger partial charge on any atom is 0.221 e. The quantitative estimate of drug-likeness (QED) is 0.821. The molecule has 0 aliphatic carbocycles. The number of carbonyl (C=O) groups excluding carboxylic acids is 1. The molecule has 0 radical (unpaired) electrons. The van der Waals surface area contributed by atoms with Crippen molar-refractivity contribution in [2.24, 2.45) is 5.73 Å². The summed E-state index contributed by atoms with van der Waals surface area (Å²) in [5.41, 5.74) is 7.97. The Balaban J connectivity index is 1.92. The maximum absolute atomic E-state index is 13.1. The minimum atomic E-state index is -0.324. The zero-order valence-electron chi connectivity index (χ0n) is 14.1. The van der Waals surface area contributed by atoms with Crippen LogP contribution in [0.15, 0.2) is 54.6 Å². The van der Waals surface area contributed by atoms with Gasteiger partial charge in [0.15, 0.2) is 0 Å². The van der Waals surface area contributed by atoms with Gasteiger partial charge >= 0.3 is 0 Å². The monoisotopic (exact) mass is 329 g/mol. The van der Waals surface area contributed by atoms with Gasteiger partial charge in [-0.05, 0) is 37.4 Å². The van der Waals surface area contributed by atoms with Crippen LogP contribution in [0, 0.1) is 5.82 Å². The van der Waals surface area contributed by atoms with Crippen LogP contribution in [0.2, 0.25) is 0 Å². The lowest BCUT2D eigenvalue weighted by molar-refractivity contribution is -0.121. The van der Waals surface area contributed by atoms with Crippen LogP contribution in [-0.4, -0.2) is 31.4 Å². The Morgan fingerprint density at radius 1 is 1.08 bits per heavy atom. The van der Waals surface area contributed by atoms with Crippen molar-refractivity contribution in [2.75, 3.05) is 20.6 Å². The molecule has 2 rings (SSSR count). The van der Waals surface area contributed by atoms with Crippen molar-refractivity contribution < 1.29 is 9.18 Å². The second kappa shape index (κ2) is 8.57. The summed E-state index contributed by atoms with van der Waals surface area (Å²) in [6, 6.07) is 15.5. The smallest absolute Gasteiger partial charge is 0.221 e. The number of halogens is 1. The molecule has 2 aromatic rings. The Hall–Kier alpha value is -2.24. The van der Waals surface area contributed by atoms with E-state index in [9.17, 15) is 9.18 Å². The molecule has 4 nitrogen and oxygen atoms in total. The fraction of sp³-hybridized carbons (Fsp3) is 0.316. The summed E-state index contributed by atoms with van der Waals surface area (Å²) in [5, 5.41) is 2.92. The van der Waals surface area contributed by atoms with E-state index in [0.29, 0.717) is 6.54 Å². The summed E-state index contributed by atoms with van der Waals surface area (Å²) in [4.78, 5) is 14.2. The molecule has 0 aliphatic rings. The van der Waals surface area contributed by atoms with Crippen molar-refractivity contribution in [2.45, 2.75) is 18.5 Å². The first-order valence-corrected chi connectivity index (χ1v) is 7.96. The Morgan fingerprint density at radius 3 is 2.29 bits per heavy atom. The van der Waals surface area contributed by atoms with Crippen molar-refractivity contribution in [3.63, 3.8) is 0 Å². The van der Waals surface area contributed by atoms with Crippen LogP contribution in [0.5, 0.6) is 0 Å². The predicted octanol–water partition coefficient (Wildman–Crippen LogP) is 2.63. The maximum atomic E-state index is 13.1. The summed E-state index contributed by atoms with van der Waals surface area (Å²) in [6.45, 7) is 0.443. The minimum absolute atomic E-state index is 0.0255. The molecule has 0 fully saturated rings. The van der Waals surface area contributed by atoms with E-state index >= 15 is 0 Å². The molecule has 0 aliphatic heterocycles. The van der Waals surface area contributed by atoms with Gasteiger partial charge in [-0.25, -0.2) is 4.39 Å². The van der Waals surface area contributed by atoms with Crippen LogP contribution in [0.3, 0.4) is 0 Å². The van der Waals surface area contributed by atoms with Crippen LogP contribution in [0.4, 0.5) is 4.39 Å². The number of amides is 1. The van der Waals surface area contributed by atoms with Crippen molar-refractivity contribution in [1.82, 2.24) is 10.2 Å². The lowest BCUT2D eigenvalue weighted by Gasteiger charge is -2.25. The number of hydrogen-bond donors (Lipinski definition) is 2. The van der Waals surface area contributed by atoms with E-state index in [0.717, 1.165) is 11.1 Å². The predicted molar refractivity (Wildman–Crippen MR) is 93.8 cm³/mol. The van der Waals surface area contributed by atoms with Gasteiger partial charge in [-0.1, -0.05) is 42.5 Å². The van der Waals surface area contributed by atoms with E-state index in [2.05, 4.69) is 5.32 Å². The van der Waals surface area contributed by atoms with Gasteiger partial charge in [0.1, 0.15) is 5.82 Å². The van der Waals surface area contributed by atoms with Crippen LogP contribution >= 0.6 is 0 Å². The Labute approximate surface area is 142 Å². The average molecular weight is 329 g/mol. The second-order valence-corrected chi connectivity index (χ2v) is 6.06. The number of nitrogens with one attached hydrogen (secondary N) is 1. The van der Waals surface area contributed by atoms with Crippen molar-refractivity contribution in [3.05, 3.63) is 71.5 Å². The minimum Gasteiger partial charge on any atom is -0.354 e. The van der Waals surface area contributed by atoms with Gasteiger partial charge in [0.2, 0.25) is 5.91 Å². The Morgan fingerprint density at radius 2 is 1.71 bits per heavy atom. The van der Waals surface area contributed by atoms with Gasteiger partial charge in [-0.15, -0.1) is 0 Å². The standard InChI is InChI=1S/C19H24FN3O/c1-23(2)18(15-8-10-16(20)11-9-15)13-22-19(24)12-17(21)14-6-4-3-5-7-14/h3-11,17-18H,12-13,21H2,1-2H3,(H,22,24). The summed E-state index contributed by atoms with van der Waals surface area (Å²) in [5.74, 6) is -0.366. The van der Waals surface area contributed by atoms with Crippen molar-refractivity contribution >= 4 is 5.91 Å². The number of nitrogens with zero attached hydrogens (tertiary/aromatic N) is 1. The number of hydrogen-bond acceptors (Lipinski definition) is 3. The highest BCUT2D eigenvalue weighted by Crippen LogP contribution is 2.18. The lowest BCUT2D eigenvalue weighted by Crippen LogP contribution is -2.35. The Bertz CT molecular complexity index is 643. The second-order valence-electron chi connectivity index (χ2n) is 6.06. The van der Waals surface area contributed by atoms with Gasteiger partial charge in [-0.3, -0.25) is 4.79 Å². The normalized spacial score (nSPS) is 13.5. The first-order chi connectivity index (χ1) is 11.5. The third kappa shape index (κ3) is 5.15. The van der Waals surface area contributed by atoms with Crippen LogP contribution < -0.4 is 11.1 Å². The molecule has 3 N–H and O–H groups in total. The number of nitrogens with two attached hydrogens (primary N) is 1. The number of likely N-dealkylation sites (N-methyl/N-ethyl adjacent to an activating group) is 1. The van der Waals surface area contributed by atoms with E-state index in [1.807, 2.05) is 49.3 Å². The van der Waals surface area contributed by atoms with Crippen molar-refractivity contribution in [3.8, 4) is 0 Å². The van der Waals surface area contributed by atoms with Gasteiger partial charge in [-0.2, -0.15) is 0 Å². The molecule has 0 saturated heterocycles. The lowest BCUT2D eigenvalue weighted by atomic mass is 10.0. The highest BCUT2D eigenvalue weighted by Gasteiger charge is 2.17. The van der Waals surface area contributed by atoms with Gasteiger partial charge in [0, 0.05) is 19.0 Å². The molecule has 0 aromatic heterocycles. The molecule has 24 heavy (non-hydrogen) atoms. The van der Waals surface area contributed by atoms with Crippen LogP contribution in [0.1, 0.15) is 29.6 Å². The third-order valence-electron chi connectivity index (χ3n) is 4.00. The SMILES string of the molecule is CN(C)C(CNC(=O)CC(N)c1ccccc1)c1ccc(F)cc1. The number of carbonyl (C=O) groups is 1. The fourth-order valence-electron chi connectivity index (χ4n) is 2.58. The van der Waals surface area contributed by atoms with E-state index in [1.165, 1.54) is 12.1 Å². The van der Waals surface area contributed by atoms with Crippen LogP contribution in [-0.2, 0) is 4.79 Å². The summed E-state index contributed by atoms with van der Waals surface area (Å²) in [6.07, 6.45) is 0.230. The number of benzene rings is 2. The zero-order chi connectivity index (χ0) is 17.5. The molecule has 1 amide bonds. The first-order valence-electron chi connectivity index (χ1n) is 7.96. The summed E-state index contributed by atoms with van der Waals surface area (Å²) >= 11 is 0. The van der Waals surface area contributed by atoms with E-state index in [-0.39, 0.29) is 30.2 Å². The number of rotatable bonds is 7. The highest BCUT2D eigenvalue weighted by atomic mass is 19.1. The molecule has 128 valence electrons. The molecule has 2 atom stereocenters. The molecule has 0 saturated carbocycles. The van der Waals surface area contributed by atoms with E-state index in [1.54, 1.807) is 12.1 Å². The summed E-state index contributed by atoms with van der Waals surface area (Å²) < 4.78 is 13.1. The molecular formula is C19H24FN3O. The molecule has 5 heteroatoms. The van der Waals surface area contributed by atoms with Gasteiger partial charge in [0.25, 0.3) is 0 Å². The molecule has 0 bridgehead atoms. The van der Waals surface area contributed by atoms with Gasteiger partial charge in [0.05, 0.1) is 6.04 Å². The first kappa shape index (κ1) is 18.1.